The monoisotopic (exact) mass is 326 g/mol. The van der Waals surface area contributed by atoms with Crippen molar-refractivity contribution in [2.45, 2.75) is 39.3 Å². The number of hydrogen-bond acceptors (Lipinski definition) is 3. The van der Waals surface area contributed by atoms with Gasteiger partial charge < -0.3 is 15.4 Å². The van der Waals surface area contributed by atoms with Gasteiger partial charge >= 0.3 is 6.09 Å². The fourth-order valence-corrected chi connectivity index (χ4v) is 1.76. The number of halogens is 2. The predicted octanol–water partition coefficient (Wildman–Crippen LogP) is 3.79. The molecular formula is C17H24F2N2O2. The molecule has 0 aromatic heterocycles. The highest BCUT2D eigenvalue weighted by atomic mass is 19.3. The average Bonchev–Trinajstić information content (AvgIpc) is 2.44. The molecule has 0 aliphatic heterocycles. The Kier molecular flexibility index (Phi) is 7.68. The van der Waals surface area contributed by atoms with Gasteiger partial charge in [0, 0.05) is 25.2 Å². The summed E-state index contributed by atoms with van der Waals surface area (Å²) in [4.78, 5) is 11.4. The number of ether oxygens (including phenoxy) is 1. The third-order valence-electron chi connectivity index (χ3n) is 2.72. The normalized spacial score (nSPS) is 11.9. The first-order valence-corrected chi connectivity index (χ1v) is 7.47. The standard InChI is InChI=1S/C17H24F2N2O2/c1-17(2,3)23-16(22)21-10-5-4-9-20-12-13-7-6-8-14(11-13)15(18)19/h4-8,11,15,20H,9-10,12H2,1-3H3,(H,21,22)/b5-4+. The molecule has 1 aromatic rings. The van der Waals surface area contributed by atoms with Gasteiger partial charge in [-0.3, -0.25) is 0 Å². The van der Waals surface area contributed by atoms with Crippen molar-refractivity contribution in [1.29, 1.82) is 0 Å². The number of amides is 1. The van der Waals surface area contributed by atoms with E-state index in [4.69, 9.17) is 4.74 Å². The van der Waals surface area contributed by atoms with Crippen LogP contribution in [0.15, 0.2) is 36.4 Å². The molecule has 0 aliphatic rings. The number of alkyl halides is 2. The molecule has 23 heavy (non-hydrogen) atoms. The Morgan fingerprint density at radius 1 is 1.26 bits per heavy atom. The second-order valence-electron chi connectivity index (χ2n) is 6.03. The molecule has 128 valence electrons. The van der Waals surface area contributed by atoms with Crippen LogP contribution in [0.4, 0.5) is 13.6 Å². The van der Waals surface area contributed by atoms with Gasteiger partial charge in [0.25, 0.3) is 6.43 Å². The lowest BCUT2D eigenvalue weighted by Gasteiger charge is -2.19. The molecule has 6 heteroatoms. The predicted molar refractivity (Wildman–Crippen MR) is 86.5 cm³/mol. The molecule has 1 amide bonds. The summed E-state index contributed by atoms with van der Waals surface area (Å²) in [6.07, 6.45) is 0.744. The number of hydrogen-bond donors (Lipinski definition) is 2. The van der Waals surface area contributed by atoms with Crippen molar-refractivity contribution in [3.8, 4) is 0 Å². The van der Waals surface area contributed by atoms with Gasteiger partial charge in [-0.05, 0) is 32.4 Å². The van der Waals surface area contributed by atoms with Crippen LogP contribution in [0.2, 0.25) is 0 Å². The highest BCUT2D eigenvalue weighted by Crippen LogP contribution is 2.19. The summed E-state index contributed by atoms with van der Waals surface area (Å²) >= 11 is 0. The third kappa shape index (κ3) is 8.93. The zero-order valence-corrected chi connectivity index (χ0v) is 13.7. The maximum atomic E-state index is 12.6. The molecule has 0 radical (unpaired) electrons. The van der Waals surface area contributed by atoms with Crippen LogP contribution in [0.5, 0.6) is 0 Å². The third-order valence-corrected chi connectivity index (χ3v) is 2.72. The fourth-order valence-electron chi connectivity index (χ4n) is 1.76. The molecule has 4 nitrogen and oxygen atoms in total. The molecule has 0 atom stereocenters. The SMILES string of the molecule is CC(C)(C)OC(=O)NC/C=C/CNCc1cccc(C(F)F)c1. The smallest absolute Gasteiger partial charge is 0.407 e. The molecule has 0 heterocycles. The van der Waals surface area contributed by atoms with E-state index in [1.165, 1.54) is 12.1 Å². The average molecular weight is 326 g/mol. The Balaban J connectivity index is 2.20. The van der Waals surface area contributed by atoms with Gasteiger partial charge in [-0.1, -0.05) is 30.4 Å². The first-order valence-electron chi connectivity index (χ1n) is 7.47. The minimum absolute atomic E-state index is 0.0291. The van der Waals surface area contributed by atoms with Gasteiger partial charge in [0.15, 0.2) is 0 Å². The molecule has 0 fully saturated rings. The zero-order chi connectivity index (χ0) is 17.3. The minimum atomic E-state index is -2.45. The van der Waals surface area contributed by atoms with Crippen LogP contribution < -0.4 is 10.6 Å². The van der Waals surface area contributed by atoms with Crippen molar-refractivity contribution in [3.05, 3.63) is 47.5 Å². The van der Waals surface area contributed by atoms with Crippen molar-refractivity contribution in [1.82, 2.24) is 10.6 Å². The highest BCUT2D eigenvalue weighted by molar-refractivity contribution is 5.67. The van der Waals surface area contributed by atoms with Gasteiger partial charge in [-0.25, -0.2) is 13.6 Å². The van der Waals surface area contributed by atoms with E-state index in [9.17, 15) is 13.6 Å². The Morgan fingerprint density at radius 2 is 1.96 bits per heavy atom. The van der Waals surface area contributed by atoms with E-state index < -0.39 is 18.1 Å². The number of benzene rings is 1. The lowest BCUT2D eigenvalue weighted by molar-refractivity contribution is 0.0534. The summed E-state index contributed by atoms with van der Waals surface area (Å²) in [6.45, 7) is 6.86. The van der Waals surface area contributed by atoms with E-state index in [1.54, 1.807) is 39.0 Å². The van der Waals surface area contributed by atoms with Gasteiger partial charge in [0.05, 0.1) is 0 Å². The van der Waals surface area contributed by atoms with Gasteiger partial charge in [-0.15, -0.1) is 0 Å². The zero-order valence-electron chi connectivity index (χ0n) is 13.7. The molecule has 0 saturated heterocycles. The Bertz CT molecular complexity index is 526. The first-order chi connectivity index (χ1) is 10.8. The molecule has 2 N–H and O–H groups in total. The van der Waals surface area contributed by atoms with Gasteiger partial charge in [0.1, 0.15) is 5.60 Å². The van der Waals surface area contributed by atoms with Gasteiger partial charge in [-0.2, -0.15) is 0 Å². The second kappa shape index (κ2) is 9.25. The van der Waals surface area contributed by atoms with E-state index in [0.717, 1.165) is 5.56 Å². The summed E-state index contributed by atoms with van der Waals surface area (Å²) in [6, 6.07) is 6.33. The fraction of sp³-hybridized carbons (Fsp3) is 0.471. The van der Waals surface area contributed by atoms with E-state index in [2.05, 4.69) is 10.6 Å². The van der Waals surface area contributed by atoms with Crippen molar-refractivity contribution in [2.75, 3.05) is 13.1 Å². The highest BCUT2D eigenvalue weighted by Gasteiger charge is 2.14. The quantitative estimate of drug-likeness (QED) is 0.592. The summed E-state index contributed by atoms with van der Waals surface area (Å²) in [5.74, 6) is 0. The van der Waals surface area contributed by atoms with Crippen LogP contribution in [-0.4, -0.2) is 24.8 Å². The number of nitrogens with one attached hydrogen (secondary N) is 2. The molecule has 0 saturated carbocycles. The Morgan fingerprint density at radius 3 is 2.61 bits per heavy atom. The first kappa shape index (κ1) is 19.1. The van der Waals surface area contributed by atoms with Crippen LogP contribution >= 0.6 is 0 Å². The second-order valence-corrected chi connectivity index (χ2v) is 6.03. The molecular weight excluding hydrogens is 302 g/mol. The maximum Gasteiger partial charge on any atom is 0.407 e. The number of carbonyl (C=O) groups excluding carboxylic acids is 1. The topological polar surface area (TPSA) is 50.4 Å². The van der Waals surface area contributed by atoms with Crippen molar-refractivity contribution in [2.24, 2.45) is 0 Å². The van der Waals surface area contributed by atoms with E-state index in [1.807, 2.05) is 6.08 Å². The van der Waals surface area contributed by atoms with Crippen LogP contribution in [0, 0.1) is 0 Å². The molecule has 0 spiro atoms. The summed E-state index contributed by atoms with van der Waals surface area (Å²) in [5, 5.41) is 5.73. The van der Waals surface area contributed by atoms with E-state index in [0.29, 0.717) is 19.6 Å². The largest absolute Gasteiger partial charge is 0.444 e. The minimum Gasteiger partial charge on any atom is -0.444 e. The summed E-state index contributed by atoms with van der Waals surface area (Å²) in [5.41, 5.74) is 0.326. The molecule has 0 unspecified atom stereocenters. The van der Waals surface area contributed by atoms with E-state index >= 15 is 0 Å². The Labute approximate surface area is 135 Å². The van der Waals surface area contributed by atoms with E-state index in [-0.39, 0.29) is 5.56 Å². The molecule has 1 aromatic carbocycles. The van der Waals surface area contributed by atoms with Crippen LogP contribution in [0.25, 0.3) is 0 Å². The van der Waals surface area contributed by atoms with Crippen molar-refractivity contribution < 1.29 is 18.3 Å². The number of rotatable bonds is 7. The van der Waals surface area contributed by atoms with Gasteiger partial charge in [0.2, 0.25) is 0 Å². The summed E-state index contributed by atoms with van der Waals surface area (Å²) < 4.78 is 30.2. The number of alkyl carbamates (subject to hydrolysis) is 1. The maximum absolute atomic E-state index is 12.6. The molecule has 1 rings (SSSR count). The Hall–Kier alpha value is -1.95. The van der Waals surface area contributed by atoms with Crippen LogP contribution in [0.3, 0.4) is 0 Å². The van der Waals surface area contributed by atoms with Crippen molar-refractivity contribution >= 4 is 6.09 Å². The number of carbonyl (C=O) groups is 1. The van der Waals surface area contributed by atoms with Crippen LogP contribution in [-0.2, 0) is 11.3 Å². The summed E-state index contributed by atoms with van der Waals surface area (Å²) in [7, 11) is 0. The van der Waals surface area contributed by atoms with Crippen LogP contribution in [0.1, 0.15) is 38.3 Å². The lowest BCUT2D eigenvalue weighted by Crippen LogP contribution is -2.32. The molecule has 0 aliphatic carbocycles. The van der Waals surface area contributed by atoms with Crippen molar-refractivity contribution in [3.63, 3.8) is 0 Å². The molecule has 0 bridgehead atoms. The lowest BCUT2D eigenvalue weighted by atomic mass is 10.1.